The van der Waals surface area contributed by atoms with Crippen LogP contribution in [0.5, 0.6) is 0 Å². The Morgan fingerprint density at radius 2 is 2.03 bits per heavy atom. The van der Waals surface area contributed by atoms with Gasteiger partial charge in [-0.2, -0.15) is 9.97 Å². The minimum atomic E-state index is -0.00695. The maximum atomic E-state index is 12.5. The van der Waals surface area contributed by atoms with Crippen molar-refractivity contribution in [2.24, 2.45) is 5.92 Å². The molecule has 1 aliphatic rings. The predicted octanol–water partition coefficient (Wildman–Crippen LogP) is 2.61. The molecule has 1 saturated heterocycles. The second-order valence-electron chi connectivity index (χ2n) is 7.78. The number of aromatic nitrogens is 4. The van der Waals surface area contributed by atoms with Gasteiger partial charge in [-0.25, -0.2) is 4.98 Å². The van der Waals surface area contributed by atoms with Gasteiger partial charge < -0.3 is 19.2 Å². The molecule has 9 nitrogen and oxygen atoms in total. The van der Waals surface area contributed by atoms with Crippen LogP contribution in [0.1, 0.15) is 50.0 Å². The fraction of sp³-hybridized carbons (Fsp3) is 0.550. The highest BCUT2D eigenvalue weighted by Crippen LogP contribution is 2.26. The van der Waals surface area contributed by atoms with Crippen LogP contribution in [0, 0.1) is 12.8 Å². The van der Waals surface area contributed by atoms with E-state index in [4.69, 9.17) is 8.94 Å². The van der Waals surface area contributed by atoms with Gasteiger partial charge in [0.05, 0.1) is 0 Å². The molecule has 1 N–H and O–H groups in total. The van der Waals surface area contributed by atoms with Crippen molar-refractivity contribution in [2.45, 2.75) is 46.0 Å². The summed E-state index contributed by atoms with van der Waals surface area (Å²) < 4.78 is 11.0. The van der Waals surface area contributed by atoms with Gasteiger partial charge >= 0.3 is 0 Å². The number of hydrogen-bond donors (Lipinski definition) is 1. The van der Waals surface area contributed by atoms with Crippen LogP contribution in [-0.4, -0.2) is 45.7 Å². The second kappa shape index (κ2) is 8.18. The van der Waals surface area contributed by atoms with E-state index < -0.39 is 0 Å². The number of carbonyl (C=O) groups is 1. The molecular weight excluding hydrogens is 372 g/mol. The number of fused-ring (bicyclic) bond motifs is 1. The Hall–Kier alpha value is -2.97. The number of hydrogen-bond acceptors (Lipinski definition) is 8. The Kier molecular flexibility index (Phi) is 5.46. The van der Waals surface area contributed by atoms with E-state index in [1.165, 1.54) is 0 Å². The summed E-state index contributed by atoms with van der Waals surface area (Å²) in [7, 11) is 0. The SMILES string of the molecule is Cc1ccc2oc(N3CCC(C(=O)NCCc4noc(C(C)C)n4)CC3)nc2n1. The molecular formula is C20H26N6O3. The number of oxazole rings is 1. The van der Waals surface area contributed by atoms with Gasteiger partial charge in [0.2, 0.25) is 17.4 Å². The van der Waals surface area contributed by atoms with Crippen LogP contribution < -0.4 is 10.2 Å². The first kappa shape index (κ1) is 19.4. The summed E-state index contributed by atoms with van der Waals surface area (Å²) in [4.78, 5) is 27.8. The lowest BCUT2D eigenvalue weighted by molar-refractivity contribution is -0.125. The van der Waals surface area contributed by atoms with E-state index in [9.17, 15) is 4.79 Å². The number of carbonyl (C=O) groups excluding carboxylic acids is 1. The van der Waals surface area contributed by atoms with Gasteiger partial charge in [-0.15, -0.1) is 0 Å². The van der Waals surface area contributed by atoms with Crippen molar-refractivity contribution in [1.29, 1.82) is 0 Å². The lowest BCUT2D eigenvalue weighted by Gasteiger charge is -2.30. The molecule has 0 aliphatic carbocycles. The monoisotopic (exact) mass is 398 g/mol. The first-order valence-electron chi connectivity index (χ1n) is 10.1. The molecule has 4 rings (SSSR count). The Morgan fingerprint density at radius 1 is 1.24 bits per heavy atom. The summed E-state index contributed by atoms with van der Waals surface area (Å²) in [5.41, 5.74) is 2.23. The topological polar surface area (TPSA) is 110 Å². The summed E-state index contributed by atoms with van der Waals surface area (Å²) in [6.07, 6.45) is 2.09. The molecule has 0 radical (unpaired) electrons. The van der Waals surface area contributed by atoms with Crippen LogP contribution in [0.25, 0.3) is 11.2 Å². The summed E-state index contributed by atoms with van der Waals surface area (Å²) >= 11 is 0. The number of nitrogens with one attached hydrogen (secondary N) is 1. The maximum absolute atomic E-state index is 12.5. The van der Waals surface area contributed by atoms with Crippen molar-refractivity contribution in [3.8, 4) is 0 Å². The maximum Gasteiger partial charge on any atom is 0.299 e. The molecule has 1 fully saturated rings. The average molecular weight is 398 g/mol. The quantitative estimate of drug-likeness (QED) is 0.675. The zero-order valence-electron chi connectivity index (χ0n) is 17.0. The van der Waals surface area contributed by atoms with E-state index in [2.05, 4.69) is 30.3 Å². The van der Waals surface area contributed by atoms with Crippen molar-refractivity contribution in [3.05, 3.63) is 29.5 Å². The molecule has 0 unspecified atom stereocenters. The minimum Gasteiger partial charge on any atom is -0.422 e. The number of piperidine rings is 1. The van der Waals surface area contributed by atoms with E-state index in [0.717, 1.165) is 31.6 Å². The number of anilines is 1. The number of aryl methyl sites for hydroxylation is 1. The molecule has 29 heavy (non-hydrogen) atoms. The normalized spacial score (nSPS) is 15.4. The van der Waals surface area contributed by atoms with Crippen LogP contribution in [0.15, 0.2) is 21.1 Å². The molecule has 3 aromatic rings. The molecule has 4 heterocycles. The summed E-state index contributed by atoms with van der Waals surface area (Å²) in [5, 5.41) is 6.94. The van der Waals surface area contributed by atoms with Gasteiger partial charge in [-0.3, -0.25) is 4.79 Å². The molecule has 0 spiro atoms. The van der Waals surface area contributed by atoms with Crippen molar-refractivity contribution in [2.75, 3.05) is 24.5 Å². The number of rotatable bonds is 6. The lowest BCUT2D eigenvalue weighted by Crippen LogP contribution is -2.41. The van der Waals surface area contributed by atoms with E-state index >= 15 is 0 Å². The molecule has 0 bridgehead atoms. The van der Waals surface area contributed by atoms with Crippen LogP contribution >= 0.6 is 0 Å². The fourth-order valence-electron chi connectivity index (χ4n) is 3.42. The van der Waals surface area contributed by atoms with Crippen molar-refractivity contribution < 1.29 is 13.7 Å². The third-order valence-electron chi connectivity index (χ3n) is 5.14. The molecule has 0 aromatic carbocycles. The molecule has 0 atom stereocenters. The fourth-order valence-corrected chi connectivity index (χ4v) is 3.42. The zero-order valence-corrected chi connectivity index (χ0v) is 17.0. The Labute approximate surface area is 168 Å². The van der Waals surface area contributed by atoms with Crippen LogP contribution in [-0.2, 0) is 11.2 Å². The highest BCUT2D eigenvalue weighted by molar-refractivity contribution is 5.79. The smallest absolute Gasteiger partial charge is 0.299 e. The minimum absolute atomic E-state index is 0.00695. The highest BCUT2D eigenvalue weighted by Gasteiger charge is 2.27. The van der Waals surface area contributed by atoms with Gasteiger partial charge in [0.15, 0.2) is 11.4 Å². The van der Waals surface area contributed by atoms with Gasteiger partial charge in [-0.05, 0) is 31.9 Å². The van der Waals surface area contributed by atoms with Gasteiger partial charge in [0.25, 0.3) is 6.01 Å². The highest BCUT2D eigenvalue weighted by atomic mass is 16.5. The van der Waals surface area contributed by atoms with E-state index in [0.29, 0.717) is 41.9 Å². The Bertz CT molecular complexity index is 987. The first-order valence-corrected chi connectivity index (χ1v) is 10.1. The second-order valence-corrected chi connectivity index (χ2v) is 7.78. The van der Waals surface area contributed by atoms with Crippen LogP contribution in [0.2, 0.25) is 0 Å². The third kappa shape index (κ3) is 4.38. The lowest BCUT2D eigenvalue weighted by atomic mass is 9.96. The molecule has 1 amide bonds. The molecule has 154 valence electrons. The van der Waals surface area contributed by atoms with Gasteiger partial charge in [-0.1, -0.05) is 19.0 Å². The number of pyridine rings is 1. The third-order valence-corrected chi connectivity index (χ3v) is 5.14. The van der Waals surface area contributed by atoms with E-state index in [-0.39, 0.29) is 17.7 Å². The molecule has 3 aromatic heterocycles. The van der Waals surface area contributed by atoms with E-state index in [1.807, 2.05) is 32.9 Å². The Morgan fingerprint density at radius 3 is 2.76 bits per heavy atom. The van der Waals surface area contributed by atoms with Gasteiger partial charge in [0.1, 0.15) is 0 Å². The first-order chi connectivity index (χ1) is 14.0. The Balaban J connectivity index is 1.25. The summed E-state index contributed by atoms with van der Waals surface area (Å²) in [6, 6.07) is 4.38. The molecule has 1 aliphatic heterocycles. The molecule has 0 saturated carbocycles. The van der Waals surface area contributed by atoms with Crippen molar-refractivity contribution >= 4 is 23.2 Å². The largest absolute Gasteiger partial charge is 0.422 e. The van der Waals surface area contributed by atoms with Crippen LogP contribution in [0.3, 0.4) is 0 Å². The summed E-state index contributed by atoms with van der Waals surface area (Å²) in [6.45, 7) is 7.90. The van der Waals surface area contributed by atoms with Crippen molar-refractivity contribution in [3.63, 3.8) is 0 Å². The summed E-state index contributed by atoms with van der Waals surface area (Å²) in [5.74, 6) is 1.53. The van der Waals surface area contributed by atoms with Crippen LogP contribution in [0.4, 0.5) is 6.01 Å². The average Bonchev–Trinajstić information content (AvgIpc) is 3.35. The number of amides is 1. The predicted molar refractivity (Wildman–Crippen MR) is 107 cm³/mol. The van der Waals surface area contributed by atoms with Gasteiger partial charge in [0, 0.05) is 43.6 Å². The molecule has 9 heteroatoms. The zero-order chi connectivity index (χ0) is 20.4. The number of nitrogens with zero attached hydrogens (tertiary/aromatic N) is 5. The standard InChI is InChI=1S/C20H26N6O3/c1-12(2)19-23-16(25-29-19)6-9-21-18(27)14-7-10-26(11-8-14)20-24-17-15(28-20)5-4-13(3)22-17/h4-5,12,14H,6-11H2,1-3H3,(H,21,27). The van der Waals surface area contributed by atoms with Crippen molar-refractivity contribution in [1.82, 2.24) is 25.4 Å². The van der Waals surface area contributed by atoms with E-state index in [1.54, 1.807) is 0 Å².